The minimum Gasteiger partial charge on any atom is -0.467 e. The molecule has 6 nitrogen and oxygen atoms in total. The molecule has 1 saturated carbocycles. The largest absolute Gasteiger partial charge is 0.467 e. The summed E-state index contributed by atoms with van der Waals surface area (Å²) >= 11 is 0. The van der Waals surface area contributed by atoms with Crippen molar-refractivity contribution in [2.45, 2.75) is 38.7 Å². The van der Waals surface area contributed by atoms with Crippen LogP contribution in [-0.4, -0.2) is 34.7 Å². The molecule has 1 heterocycles. The van der Waals surface area contributed by atoms with Gasteiger partial charge < -0.3 is 14.8 Å². The van der Waals surface area contributed by atoms with Gasteiger partial charge in [0.25, 0.3) is 0 Å². The minimum atomic E-state index is 0.233. The molecule has 1 aromatic heterocycles. The third-order valence-corrected chi connectivity index (χ3v) is 2.69. The van der Waals surface area contributed by atoms with Gasteiger partial charge in [-0.1, -0.05) is 0 Å². The molecule has 0 radical (unpaired) electrons. The Labute approximate surface area is 101 Å². The summed E-state index contributed by atoms with van der Waals surface area (Å²) in [4.78, 5) is 12.4. The Kier molecular flexibility index (Phi) is 3.95. The average Bonchev–Trinajstić information content (AvgIpc) is 2.82. The molecule has 6 heteroatoms. The first-order chi connectivity index (χ1) is 8.31. The first-order valence-corrected chi connectivity index (χ1v) is 6.02. The lowest BCUT2D eigenvalue weighted by Gasteiger charge is -2.12. The summed E-state index contributed by atoms with van der Waals surface area (Å²) in [7, 11) is 1.53. The summed E-state index contributed by atoms with van der Waals surface area (Å²) in [5.74, 6) is 0.493. The molecule has 1 aromatic rings. The van der Waals surface area contributed by atoms with Crippen molar-refractivity contribution in [3.63, 3.8) is 0 Å². The van der Waals surface area contributed by atoms with E-state index < -0.39 is 0 Å². The third-order valence-electron chi connectivity index (χ3n) is 2.69. The zero-order valence-electron chi connectivity index (χ0n) is 10.3. The number of hydrogen-bond acceptors (Lipinski definition) is 6. The smallest absolute Gasteiger partial charge is 0.324 e. The number of anilines is 1. The number of ether oxygens (including phenoxy) is 2. The van der Waals surface area contributed by atoms with Crippen LogP contribution in [0.4, 0.5) is 5.95 Å². The molecule has 0 spiro atoms. The fourth-order valence-corrected chi connectivity index (χ4v) is 1.87. The van der Waals surface area contributed by atoms with Gasteiger partial charge in [0, 0.05) is 6.54 Å². The van der Waals surface area contributed by atoms with Gasteiger partial charge in [0.15, 0.2) is 0 Å². The SMILES string of the molecule is CCNc1nc(OC)nc(OC2CCCC2)n1. The molecule has 17 heavy (non-hydrogen) atoms. The highest BCUT2D eigenvalue weighted by Gasteiger charge is 2.18. The fraction of sp³-hybridized carbons (Fsp3) is 0.727. The zero-order chi connectivity index (χ0) is 12.1. The summed E-state index contributed by atoms with van der Waals surface area (Å²) in [6, 6.07) is 0.628. The highest BCUT2D eigenvalue weighted by Crippen LogP contribution is 2.23. The predicted octanol–water partition coefficient (Wildman–Crippen LogP) is 1.63. The first-order valence-electron chi connectivity index (χ1n) is 6.02. The maximum Gasteiger partial charge on any atom is 0.324 e. The van der Waals surface area contributed by atoms with E-state index in [1.165, 1.54) is 20.0 Å². The van der Waals surface area contributed by atoms with Crippen molar-refractivity contribution < 1.29 is 9.47 Å². The fourth-order valence-electron chi connectivity index (χ4n) is 1.87. The Hall–Kier alpha value is -1.59. The second kappa shape index (κ2) is 5.65. The number of nitrogens with one attached hydrogen (secondary N) is 1. The number of rotatable bonds is 5. The molecule has 1 aliphatic carbocycles. The van der Waals surface area contributed by atoms with Gasteiger partial charge >= 0.3 is 12.0 Å². The van der Waals surface area contributed by atoms with Crippen molar-refractivity contribution >= 4 is 5.95 Å². The molecule has 1 aliphatic rings. The van der Waals surface area contributed by atoms with E-state index in [-0.39, 0.29) is 12.1 Å². The molecular weight excluding hydrogens is 220 g/mol. The summed E-state index contributed by atoms with van der Waals surface area (Å²) in [5, 5.41) is 3.03. The van der Waals surface area contributed by atoms with Crippen molar-refractivity contribution in [1.29, 1.82) is 0 Å². The highest BCUT2D eigenvalue weighted by molar-refractivity contribution is 5.27. The summed E-state index contributed by atoms with van der Waals surface area (Å²) in [6.07, 6.45) is 4.81. The van der Waals surface area contributed by atoms with E-state index in [1.807, 2.05) is 6.92 Å². The molecule has 94 valence electrons. The number of aromatic nitrogens is 3. The van der Waals surface area contributed by atoms with E-state index in [9.17, 15) is 0 Å². The van der Waals surface area contributed by atoms with Crippen LogP contribution in [0.2, 0.25) is 0 Å². The van der Waals surface area contributed by atoms with Gasteiger partial charge in [0.1, 0.15) is 6.10 Å². The van der Waals surface area contributed by atoms with Gasteiger partial charge in [-0.3, -0.25) is 0 Å². The third kappa shape index (κ3) is 3.18. The molecule has 0 atom stereocenters. The molecule has 1 N–H and O–H groups in total. The Bertz CT molecular complexity index is 366. The van der Waals surface area contributed by atoms with Crippen LogP contribution < -0.4 is 14.8 Å². The lowest BCUT2D eigenvalue weighted by atomic mass is 10.3. The van der Waals surface area contributed by atoms with E-state index in [0.717, 1.165) is 19.4 Å². The maximum atomic E-state index is 5.72. The monoisotopic (exact) mass is 238 g/mol. The van der Waals surface area contributed by atoms with Gasteiger partial charge in [0.05, 0.1) is 7.11 Å². The molecule has 0 aliphatic heterocycles. The summed E-state index contributed by atoms with van der Waals surface area (Å²) < 4.78 is 10.7. The van der Waals surface area contributed by atoms with E-state index in [4.69, 9.17) is 9.47 Å². The molecule has 0 amide bonds. The van der Waals surface area contributed by atoms with Crippen molar-refractivity contribution in [2.75, 3.05) is 19.0 Å². The van der Waals surface area contributed by atoms with Crippen LogP contribution in [-0.2, 0) is 0 Å². The molecular formula is C11H18N4O2. The minimum absolute atomic E-state index is 0.233. The van der Waals surface area contributed by atoms with Gasteiger partial charge in [0.2, 0.25) is 5.95 Å². The number of hydrogen-bond donors (Lipinski definition) is 1. The lowest BCUT2D eigenvalue weighted by molar-refractivity contribution is 0.189. The zero-order valence-corrected chi connectivity index (χ0v) is 10.3. The summed E-state index contributed by atoms with van der Waals surface area (Å²) in [5.41, 5.74) is 0. The summed E-state index contributed by atoms with van der Waals surface area (Å²) in [6.45, 7) is 2.73. The van der Waals surface area contributed by atoms with Crippen LogP contribution in [0.25, 0.3) is 0 Å². The van der Waals surface area contributed by atoms with Crippen LogP contribution in [0.15, 0.2) is 0 Å². The molecule has 0 unspecified atom stereocenters. The van der Waals surface area contributed by atoms with E-state index in [0.29, 0.717) is 12.0 Å². The Morgan fingerprint density at radius 3 is 2.53 bits per heavy atom. The molecule has 1 fully saturated rings. The second-order valence-corrected chi connectivity index (χ2v) is 3.98. The topological polar surface area (TPSA) is 69.2 Å². The van der Waals surface area contributed by atoms with Gasteiger partial charge in [-0.05, 0) is 32.6 Å². The van der Waals surface area contributed by atoms with Crippen LogP contribution in [0.1, 0.15) is 32.6 Å². The molecule has 0 bridgehead atoms. The Morgan fingerprint density at radius 1 is 1.18 bits per heavy atom. The molecule has 0 saturated heterocycles. The number of nitrogens with zero attached hydrogens (tertiary/aromatic N) is 3. The maximum absolute atomic E-state index is 5.72. The van der Waals surface area contributed by atoms with Gasteiger partial charge in [-0.25, -0.2) is 0 Å². The van der Waals surface area contributed by atoms with Crippen molar-refractivity contribution in [2.24, 2.45) is 0 Å². The van der Waals surface area contributed by atoms with Crippen LogP contribution in [0.3, 0.4) is 0 Å². The lowest BCUT2D eigenvalue weighted by Crippen LogP contribution is -2.15. The number of methoxy groups -OCH3 is 1. The van der Waals surface area contributed by atoms with E-state index in [2.05, 4.69) is 20.3 Å². The van der Waals surface area contributed by atoms with Gasteiger partial charge in [-0.2, -0.15) is 9.97 Å². The average molecular weight is 238 g/mol. The van der Waals surface area contributed by atoms with Crippen LogP contribution in [0, 0.1) is 0 Å². The quantitative estimate of drug-likeness (QED) is 0.840. The normalized spacial score (nSPS) is 15.9. The standard InChI is InChI=1S/C11H18N4O2/c1-3-12-9-13-10(16-2)15-11(14-9)17-8-6-4-5-7-8/h8H,3-7H2,1-2H3,(H,12,13,14,15). The highest BCUT2D eigenvalue weighted by atomic mass is 16.5. The van der Waals surface area contributed by atoms with Gasteiger partial charge in [-0.15, -0.1) is 4.98 Å². The van der Waals surface area contributed by atoms with Crippen molar-refractivity contribution in [1.82, 2.24) is 15.0 Å². The Morgan fingerprint density at radius 2 is 1.88 bits per heavy atom. The Balaban J connectivity index is 2.10. The van der Waals surface area contributed by atoms with Crippen LogP contribution in [0.5, 0.6) is 12.0 Å². The first kappa shape index (κ1) is 11.9. The van der Waals surface area contributed by atoms with E-state index in [1.54, 1.807) is 0 Å². The molecule has 0 aromatic carbocycles. The van der Waals surface area contributed by atoms with Crippen molar-refractivity contribution in [3.05, 3.63) is 0 Å². The van der Waals surface area contributed by atoms with Crippen LogP contribution >= 0.6 is 0 Å². The van der Waals surface area contributed by atoms with E-state index >= 15 is 0 Å². The second-order valence-electron chi connectivity index (χ2n) is 3.98. The molecule has 2 rings (SSSR count). The van der Waals surface area contributed by atoms with Crippen molar-refractivity contribution in [3.8, 4) is 12.0 Å². The predicted molar refractivity (Wildman–Crippen MR) is 63.4 cm³/mol.